The van der Waals surface area contributed by atoms with Crippen LogP contribution in [0.1, 0.15) is 38.1 Å². The number of aryl methyl sites for hydroxylation is 1. The van der Waals surface area contributed by atoms with E-state index in [0.717, 1.165) is 53.8 Å². The number of carbonyl (C=O) groups is 1. The molecule has 2 amide bonds. The second-order valence-electron chi connectivity index (χ2n) is 9.91. The molecule has 34 heavy (non-hydrogen) atoms. The third kappa shape index (κ3) is 3.41. The van der Waals surface area contributed by atoms with Crippen molar-refractivity contribution in [2.75, 3.05) is 13.1 Å². The van der Waals surface area contributed by atoms with Crippen LogP contribution in [0.3, 0.4) is 0 Å². The number of rotatable bonds is 3. The zero-order valence-corrected chi connectivity index (χ0v) is 19.4. The van der Waals surface area contributed by atoms with Crippen molar-refractivity contribution in [3.8, 4) is 11.3 Å². The molecule has 8 heteroatoms. The first-order chi connectivity index (χ1) is 16.4. The highest BCUT2D eigenvalue weighted by Crippen LogP contribution is 2.44. The minimum absolute atomic E-state index is 0.0497. The number of carbonyl (C=O) groups excluding carboxylic acids is 1. The minimum Gasteiger partial charge on any atom is -0.327 e. The van der Waals surface area contributed by atoms with Gasteiger partial charge in [-0.15, -0.1) is 0 Å². The fourth-order valence-electron chi connectivity index (χ4n) is 5.34. The maximum atomic E-state index is 13.2. The van der Waals surface area contributed by atoms with Gasteiger partial charge in [-0.25, -0.2) is 14.8 Å². The van der Waals surface area contributed by atoms with Crippen molar-refractivity contribution < 1.29 is 4.79 Å². The molecule has 5 heterocycles. The Balaban J connectivity index is 1.22. The van der Waals surface area contributed by atoms with Crippen LogP contribution in [0.5, 0.6) is 0 Å². The number of hydrogen-bond acceptors (Lipinski definition) is 5. The summed E-state index contributed by atoms with van der Waals surface area (Å²) in [7, 11) is 0. The van der Waals surface area contributed by atoms with Gasteiger partial charge < -0.3 is 10.2 Å². The van der Waals surface area contributed by atoms with Crippen molar-refractivity contribution in [3.05, 3.63) is 72.6 Å². The summed E-state index contributed by atoms with van der Waals surface area (Å²) in [5.41, 5.74) is 4.33. The zero-order valence-electron chi connectivity index (χ0n) is 19.4. The van der Waals surface area contributed by atoms with Gasteiger partial charge in [0.1, 0.15) is 6.33 Å². The largest absolute Gasteiger partial charge is 0.327 e. The molecule has 8 nitrogen and oxygen atoms in total. The van der Waals surface area contributed by atoms with Crippen molar-refractivity contribution in [1.29, 1.82) is 0 Å². The predicted molar refractivity (Wildman–Crippen MR) is 129 cm³/mol. The Labute approximate surface area is 198 Å². The van der Waals surface area contributed by atoms with E-state index >= 15 is 0 Å². The van der Waals surface area contributed by atoms with Gasteiger partial charge in [-0.3, -0.25) is 9.67 Å². The Morgan fingerprint density at radius 3 is 2.79 bits per heavy atom. The number of hydrogen-bond donors (Lipinski definition) is 1. The van der Waals surface area contributed by atoms with Crippen LogP contribution in [0.4, 0.5) is 4.79 Å². The monoisotopic (exact) mass is 453 g/mol. The van der Waals surface area contributed by atoms with Gasteiger partial charge in [0, 0.05) is 54.1 Å². The molecule has 2 aliphatic rings. The number of amides is 2. The number of aromatic nitrogens is 5. The Bertz CT molecular complexity index is 1380. The number of fused-ring (bicyclic) bond motifs is 3. The third-order valence-corrected chi connectivity index (χ3v) is 7.29. The fourth-order valence-corrected chi connectivity index (χ4v) is 5.34. The molecule has 6 rings (SSSR count). The molecule has 1 N–H and O–H groups in total. The van der Waals surface area contributed by atoms with Gasteiger partial charge in [0.25, 0.3) is 0 Å². The van der Waals surface area contributed by atoms with Gasteiger partial charge in [0.05, 0.1) is 22.4 Å². The number of benzene rings is 1. The van der Waals surface area contributed by atoms with E-state index < -0.39 is 5.54 Å². The lowest BCUT2D eigenvalue weighted by molar-refractivity contribution is 0.193. The van der Waals surface area contributed by atoms with Crippen LogP contribution in [-0.4, -0.2) is 48.8 Å². The first-order valence-corrected chi connectivity index (χ1v) is 11.7. The zero-order chi connectivity index (χ0) is 23.3. The molecule has 1 atom stereocenters. The average Bonchev–Trinajstić information content (AvgIpc) is 3.56. The summed E-state index contributed by atoms with van der Waals surface area (Å²) in [5, 5.41) is 9.17. The standard InChI is InChI=1S/C26H27N7O/c1-25(2,22-7-10-27-17-29-22)30-24(34)32-11-8-26(16-32)9-12-33-23(26)14-21(31-33)19-13-18-5-3-4-6-20(18)28-15-19/h3-7,10,13-15,17H,8-9,11-12,16H2,1-2H3,(H,30,34). The average molecular weight is 454 g/mol. The normalized spacial score (nSPS) is 19.6. The molecule has 1 fully saturated rings. The molecule has 1 aromatic carbocycles. The second kappa shape index (κ2) is 7.62. The molecule has 0 bridgehead atoms. The predicted octanol–water partition coefficient (Wildman–Crippen LogP) is 3.88. The van der Waals surface area contributed by atoms with E-state index in [4.69, 9.17) is 5.10 Å². The van der Waals surface area contributed by atoms with Gasteiger partial charge in [-0.1, -0.05) is 18.2 Å². The highest BCUT2D eigenvalue weighted by Gasteiger charge is 2.47. The lowest BCUT2D eigenvalue weighted by Gasteiger charge is -2.29. The maximum absolute atomic E-state index is 13.2. The van der Waals surface area contributed by atoms with Crippen molar-refractivity contribution in [1.82, 2.24) is 34.9 Å². The number of urea groups is 1. The lowest BCUT2D eigenvalue weighted by atomic mass is 9.82. The van der Waals surface area contributed by atoms with Crippen LogP contribution in [0.25, 0.3) is 22.2 Å². The minimum atomic E-state index is -0.580. The van der Waals surface area contributed by atoms with E-state index in [2.05, 4.69) is 43.1 Å². The van der Waals surface area contributed by atoms with Gasteiger partial charge in [0.15, 0.2) is 0 Å². The summed E-state index contributed by atoms with van der Waals surface area (Å²) in [6.07, 6.45) is 7.05. The van der Waals surface area contributed by atoms with Crippen LogP contribution in [0, 0.1) is 0 Å². The Hall–Kier alpha value is -3.81. The first-order valence-electron chi connectivity index (χ1n) is 11.7. The fraction of sp³-hybridized carbons (Fsp3) is 0.346. The van der Waals surface area contributed by atoms with Crippen LogP contribution >= 0.6 is 0 Å². The molecule has 1 unspecified atom stereocenters. The van der Waals surface area contributed by atoms with E-state index in [9.17, 15) is 4.79 Å². The second-order valence-corrected chi connectivity index (χ2v) is 9.91. The molecule has 0 saturated carbocycles. The Kier molecular flexibility index (Phi) is 4.65. The Morgan fingerprint density at radius 2 is 1.94 bits per heavy atom. The van der Waals surface area contributed by atoms with Gasteiger partial charge in [0.2, 0.25) is 0 Å². The first kappa shape index (κ1) is 20.8. The molecule has 2 aliphatic heterocycles. The van der Waals surface area contributed by atoms with Crippen LogP contribution < -0.4 is 5.32 Å². The molecular formula is C26H27N7O. The van der Waals surface area contributed by atoms with Crippen LogP contribution in [0.15, 0.2) is 61.2 Å². The van der Waals surface area contributed by atoms with Crippen LogP contribution in [0.2, 0.25) is 0 Å². The topological polar surface area (TPSA) is 88.8 Å². The van der Waals surface area contributed by atoms with E-state index in [1.165, 1.54) is 12.0 Å². The number of likely N-dealkylation sites (tertiary alicyclic amines) is 1. The molecule has 4 aromatic rings. The SMILES string of the molecule is CC(C)(NC(=O)N1CCC2(CCn3nc(-c4cnc5ccccc5c4)cc32)C1)c1ccncn1. The van der Waals surface area contributed by atoms with E-state index in [-0.39, 0.29) is 11.4 Å². The van der Waals surface area contributed by atoms with E-state index in [1.807, 2.05) is 49.2 Å². The Morgan fingerprint density at radius 1 is 1.09 bits per heavy atom. The number of para-hydroxylation sites is 1. The quantitative estimate of drug-likeness (QED) is 0.509. The van der Waals surface area contributed by atoms with E-state index in [1.54, 1.807) is 6.20 Å². The summed E-state index contributed by atoms with van der Waals surface area (Å²) < 4.78 is 2.12. The lowest BCUT2D eigenvalue weighted by Crippen LogP contribution is -2.48. The molecule has 0 aliphatic carbocycles. The summed E-state index contributed by atoms with van der Waals surface area (Å²) >= 11 is 0. The molecule has 1 spiro atoms. The number of nitrogens with zero attached hydrogens (tertiary/aromatic N) is 6. The summed E-state index contributed by atoms with van der Waals surface area (Å²) in [6, 6.07) is 14.3. The third-order valence-electron chi connectivity index (χ3n) is 7.29. The molecule has 1 saturated heterocycles. The highest BCUT2D eigenvalue weighted by atomic mass is 16.2. The number of nitrogens with one attached hydrogen (secondary N) is 1. The van der Waals surface area contributed by atoms with Crippen molar-refractivity contribution >= 4 is 16.9 Å². The van der Waals surface area contributed by atoms with Crippen molar-refractivity contribution in [2.24, 2.45) is 0 Å². The molecule has 0 radical (unpaired) electrons. The molecule has 3 aromatic heterocycles. The van der Waals surface area contributed by atoms with Crippen molar-refractivity contribution in [3.63, 3.8) is 0 Å². The highest BCUT2D eigenvalue weighted by molar-refractivity contribution is 5.83. The summed E-state index contributed by atoms with van der Waals surface area (Å²) in [4.78, 5) is 28.0. The van der Waals surface area contributed by atoms with Crippen molar-refractivity contribution in [2.45, 2.75) is 44.2 Å². The number of pyridine rings is 1. The summed E-state index contributed by atoms with van der Waals surface area (Å²) in [5.74, 6) is 0. The van der Waals surface area contributed by atoms with Gasteiger partial charge in [-0.2, -0.15) is 5.10 Å². The molecular weight excluding hydrogens is 426 g/mol. The van der Waals surface area contributed by atoms with E-state index in [0.29, 0.717) is 6.54 Å². The molecule has 172 valence electrons. The maximum Gasteiger partial charge on any atom is 0.318 e. The van der Waals surface area contributed by atoms with Crippen LogP contribution in [-0.2, 0) is 17.5 Å². The van der Waals surface area contributed by atoms with Gasteiger partial charge >= 0.3 is 6.03 Å². The summed E-state index contributed by atoms with van der Waals surface area (Å²) in [6.45, 7) is 6.23. The van der Waals surface area contributed by atoms with Gasteiger partial charge in [-0.05, 0) is 51.0 Å². The smallest absolute Gasteiger partial charge is 0.318 e.